The van der Waals surface area contributed by atoms with Crippen molar-refractivity contribution in [2.75, 3.05) is 10.2 Å². The third kappa shape index (κ3) is 5.51. The van der Waals surface area contributed by atoms with Crippen LogP contribution < -0.4 is 10.2 Å². The Morgan fingerprint density at radius 2 is 1.79 bits per heavy atom. The summed E-state index contributed by atoms with van der Waals surface area (Å²) in [4.78, 5) is 54.8. The molecule has 0 bridgehead atoms. The van der Waals surface area contributed by atoms with Gasteiger partial charge in [-0.25, -0.2) is 14.7 Å². The minimum absolute atomic E-state index is 0.0843. The maximum absolute atomic E-state index is 13.1. The zero-order valence-corrected chi connectivity index (χ0v) is 21.7. The minimum Gasteiger partial charge on any atom is -0.478 e. The molecular weight excluding hydrogens is 522 g/mol. The minimum atomic E-state index is -1.21. The number of thioether (sulfide) groups is 1. The number of imide groups is 1. The normalized spacial score (nSPS) is 15.5. The molecule has 1 atom stereocenters. The molecule has 3 amide bonds. The maximum atomic E-state index is 13.1. The molecule has 2 N–H and O–H groups in total. The molecule has 0 saturated carbocycles. The fourth-order valence-electron chi connectivity index (χ4n) is 3.99. The largest absolute Gasteiger partial charge is 0.478 e. The van der Waals surface area contributed by atoms with Gasteiger partial charge in [0.25, 0.3) is 0 Å². The second-order valence-electron chi connectivity index (χ2n) is 8.60. The van der Waals surface area contributed by atoms with E-state index >= 15 is 0 Å². The maximum Gasteiger partial charge on any atom is 0.328 e. The summed E-state index contributed by atoms with van der Waals surface area (Å²) in [7, 11) is 0. The Kier molecular flexibility index (Phi) is 7.08. The molecule has 38 heavy (non-hydrogen) atoms. The summed E-state index contributed by atoms with van der Waals surface area (Å²) >= 11 is 2.88. The van der Waals surface area contributed by atoms with E-state index in [1.807, 2.05) is 31.2 Å². The number of carbonyl (C=O) groups excluding carboxylic acids is 3. The number of anilines is 2. The van der Waals surface area contributed by atoms with Crippen molar-refractivity contribution in [3.63, 3.8) is 0 Å². The lowest BCUT2D eigenvalue weighted by molar-refractivity contribution is -0.131. The molecule has 0 spiro atoms. The molecule has 8 nitrogen and oxygen atoms in total. The Balaban J connectivity index is 1.25. The van der Waals surface area contributed by atoms with Crippen LogP contribution in [0.4, 0.5) is 11.4 Å². The highest BCUT2D eigenvalue weighted by molar-refractivity contribution is 8.00. The first-order valence-electron chi connectivity index (χ1n) is 11.6. The average molecular weight is 544 g/mol. The van der Waals surface area contributed by atoms with Gasteiger partial charge in [-0.3, -0.25) is 14.4 Å². The predicted molar refractivity (Wildman–Crippen MR) is 148 cm³/mol. The third-order valence-corrected chi connectivity index (χ3v) is 8.06. The van der Waals surface area contributed by atoms with E-state index in [0.717, 1.165) is 37.8 Å². The average Bonchev–Trinajstić information content (AvgIpc) is 3.43. The van der Waals surface area contributed by atoms with Gasteiger partial charge in [-0.05, 0) is 73.2 Å². The molecule has 0 unspecified atom stereocenters. The van der Waals surface area contributed by atoms with E-state index in [-0.39, 0.29) is 18.2 Å². The number of aryl methyl sites for hydroxylation is 1. The first-order chi connectivity index (χ1) is 18.3. The number of fused-ring (bicyclic) bond motifs is 1. The fraction of sp³-hybridized carbons (Fsp3) is 0.107. The van der Waals surface area contributed by atoms with Crippen molar-refractivity contribution >= 4 is 68.4 Å². The molecule has 1 saturated heterocycles. The fourth-order valence-corrected chi connectivity index (χ4v) is 6.11. The van der Waals surface area contributed by atoms with Crippen LogP contribution in [-0.4, -0.2) is 39.0 Å². The summed E-state index contributed by atoms with van der Waals surface area (Å²) in [6.45, 7) is 2.04. The van der Waals surface area contributed by atoms with Gasteiger partial charge in [-0.2, -0.15) is 0 Å². The van der Waals surface area contributed by atoms with Gasteiger partial charge in [0.05, 0.1) is 21.2 Å². The lowest BCUT2D eigenvalue weighted by atomic mass is 10.2. The zero-order valence-electron chi connectivity index (χ0n) is 20.1. The van der Waals surface area contributed by atoms with E-state index in [1.165, 1.54) is 22.2 Å². The van der Waals surface area contributed by atoms with Crippen molar-refractivity contribution in [2.24, 2.45) is 0 Å². The molecule has 1 fully saturated rings. The monoisotopic (exact) mass is 543 g/mol. The Bertz CT molecular complexity index is 1590. The summed E-state index contributed by atoms with van der Waals surface area (Å²) in [5.41, 5.74) is 4.04. The number of carboxylic acids is 1. The van der Waals surface area contributed by atoms with Crippen LogP contribution in [0.1, 0.15) is 12.0 Å². The number of carboxylic acid groups (broad SMARTS) is 1. The topological polar surface area (TPSA) is 117 Å². The van der Waals surface area contributed by atoms with Crippen LogP contribution >= 0.6 is 23.1 Å². The Labute approximate surface area is 226 Å². The Hall–Kier alpha value is -4.28. The van der Waals surface area contributed by atoms with Crippen molar-refractivity contribution in [3.8, 4) is 10.6 Å². The smallest absolute Gasteiger partial charge is 0.328 e. The number of carbonyl (C=O) groups is 4. The molecule has 5 rings (SSSR count). The number of thiazole rings is 1. The van der Waals surface area contributed by atoms with E-state index in [2.05, 4.69) is 11.4 Å². The van der Waals surface area contributed by atoms with Gasteiger partial charge < -0.3 is 10.4 Å². The molecule has 0 radical (unpaired) electrons. The van der Waals surface area contributed by atoms with E-state index in [0.29, 0.717) is 11.4 Å². The van der Waals surface area contributed by atoms with Gasteiger partial charge in [0.1, 0.15) is 5.01 Å². The van der Waals surface area contributed by atoms with Gasteiger partial charge >= 0.3 is 5.97 Å². The van der Waals surface area contributed by atoms with E-state index in [1.54, 1.807) is 47.7 Å². The number of hydrogen-bond acceptors (Lipinski definition) is 7. The molecule has 2 heterocycles. The van der Waals surface area contributed by atoms with Crippen LogP contribution in [0.5, 0.6) is 0 Å². The van der Waals surface area contributed by atoms with Crippen LogP contribution in [0, 0.1) is 6.92 Å². The van der Waals surface area contributed by atoms with E-state index in [9.17, 15) is 19.2 Å². The Morgan fingerprint density at radius 1 is 1.05 bits per heavy atom. The SMILES string of the molecule is Cc1ccc2nc(-c3ccc(N4C(=O)C[C@@H](Sc5ccc(NC(=O)/C=C/C(=O)O)cc5)C4=O)cc3)sc2c1. The van der Waals surface area contributed by atoms with Crippen LogP contribution in [-0.2, 0) is 19.2 Å². The highest BCUT2D eigenvalue weighted by Gasteiger charge is 2.40. The lowest BCUT2D eigenvalue weighted by Crippen LogP contribution is -2.31. The van der Waals surface area contributed by atoms with Crippen molar-refractivity contribution in [2.45, 2.75) is 23.5 Å². The summed E-state index contributed by atoms with van der Waals surface area (Å²) in [6, 6.07) is 20.2. The molecular formula is C28H21N3O5S2. The van der Waals surface area contributed by atoms with Crippen molar-refractivity contribution in [3.05, 3.63) is 84.4 Å². The second-order valence-corrected chi connectivity index (χ2v) is 10.9. The molecule has 10 heteroatoms. The first kappa shape index (κ1) is 25.4. The number of benzene rings is 3. The lowest BCUT2D eigenvalue weighted by Gasteiger charge is -2.15. The number of rotatable bonds is 7. The standard InChI is InChI=1S/C28H21N3O5S2/c1-16-2-11-21-22(14-16)38-27(30-21)17-3-7-19(8-4-17)31-25(33)15-23(28(31)36)37-20-9-5-18(6-10-20)29-24(32)12-13-26(34)35/h2-14,23H,15H2,1H3,(H,29,32)(H,34,35)/b13-12+/t23-/m1/s1. The van der Waals surface area contributed by atoms with Gasteiger partial charge in [-0.1, -0.05) is 6.07 Å². The van der Waals surface area contributed by atoms with Gasteiger partial charge in [-0.15, -0.1) is 23.1 Å². The molecule has 190 valence electrons. The van der Waals surface area contributed by atoms with E-state index < -0.39 is 17.1 Å². The van der Waals surface area contributed by atoms with Gasteiger partial charge in [0.15, 0.2) is 0 Å². The quantitative estimate of drug-likeness (QED) is 0.241. The summed E-state index contributed by atoms with van der Waals surface area (Å²) in [6.07, 6.45) is 1.76. The van der Waals surface area contributed by atoms with Crippen LogP contribution in [0.3, 0.4) is 0 Å². The Morgan fingerprint density at radius 3 is 2.50 bits per heavy atom. The number of amides is 3. The summed E-state index contributed by atoms with van der Waals surface area (Å²) < 4.78 is 1.11. The molecule has 1 aromatic heterocycles. The summed E-state index contributed by atoms with van der Waals surface area (Å²) in [5.74, 6) is -2.32. The molecule has 0 aliphatic carbocycles. The predicted octanol–water partition coefficient (Wildman–Crippen LogP) is 5.28. The highest BCUT2D eigenvalue weighted by atomic mass is 32.2. The van der Waals surface area contributed by atoms with Crippen LogP contribution in [0.15, 0.2) is 83.8 Å². The number of aliphatic carboxylic acids is 1. The molecule has 3 aromatic carbocycles. The van der Waals surface area contributed by atoms with Crippen molar-refractivity contribution < 1.29 is 24.3 Å². The van der Waals surface area contributed by atoms with Crippen LogP contribution in [0.2, 0.25) is 0 Å². The molecule has 1 aliphatic rings. The molecule has 1 aliphatic heterocycles. The first-order valence-corrected chi connectivity index (χ1v) is 13.3. The van der Waals surface area contributed by atoms with E-state index in [4.69, 9.17) is 10.1 Å². The zero-order chi connectivity index (χ0) is 26.8. The number of nitrogens with one attached hydrogen (secondary N) is 1. The van der Waals surface area contributed by atoms with Gasteiger partial charge in [0, 0.05) is 34.7 Å². The van der Waals surface area contributed by atoms with Crippen molar-refractivity contribution in [1.29, 1.82) is 0 Å². The van der Waals surface area contributed by atoms with Gasteiger partial charge in [0.2, 0.25) is 17.7 Å². The third-order valence-electron chi connectivity index (χ3n) is 5.80. The number of nitrogens with zero attached hydrogens (tertiary/aromatic N) is 2. The second kappa shape index (κ2) is 10.6. The number of hydrogen-bond donors (Lipinski definition) is 2. The van der Waals surface area contributed by atoms with Crippen molar-refractivity contribution in [1.82, 2.24) is 4.98 Å². The highest BCUT2D eigenvalue weighted by Crippen LogP contribution is 2.36. The summed E-state index contributed by atoms with van der Waals surface area (Å²) in [5, 5.41) is 11.5. The van der Waals surface area contributed by atoms with Crippen LogP contribution in [0.25, 0.3) is 20.8 Å². The molecule has 4 aromatic rings. The number of aromatic nitrogens is 1.